The van der Waals surface area contributed by atoms with Crippen molar-refractivity contribution >= 4 is 5.91 Å². The number of ether oxygens (including phenoxy) is 3. The zero-order valence-electron chi connectivity index (χ0n) is 19.0. The molecule has 0 aliphatic rings. The third kappa shape index (κ3) is 4.89. The lowest BCUT2D eigenvalue weighted by molar-refractivity contribution is 0.0460. The van der Waals surface area contributed by atoms with E-state index < -0.39 is 12.1 Å². The third-order valence-corrected chi connectivity index (χ3v) is 5.57. The first kappa shape index (κ1) is 23.2. The number of aliphatic hydroxyl groups excluding tert-OH is 1. The molecule has 0 saturated heterocycles. The van der Waals surface area contributed by atoms with Gasteiger partial charge in [0, 0.05) is 31.2 Å². The quantitative estimate of drug-likeness (QED) is 0.541. The van der Waals surface area contributed by atoms with Gasteiger partial charge in [-0.05, 0) is 24.6 Å². The van der Waals surface area contributed by atoms with E-state index in [-0.39, 0.29) is 11.7 Å². The Hall–Kier alpha value is -3.45. The molecular weight excluding hydrogens is 410 g/mol. The summed E-state index contributed by atoms with van der Waals surface area (Å²) in [4.78, 5) is 14.5. The van der Waals surface area contributed by atoms with Gasteiger partial charge in [0.05, 0.1) is 33.5 Å². The fraction of sp³-hybridized carbons (Fsp3) is 0.320. The molecule has 7 heteroatoms. The van der Waals surface area contributed by atoms with E-state index in [1.54, 1.807) is 59.6 Å². The topological polar surface area (TPSA) is 81.4 Å². The van der Waals surface area contributed by atoms with Crippen molar-refractivity contribution in [2.75, 3.05) is 28.4 Å². The van der Waals surface area contributed by atoms with E-state index in [2.05, 4.69) is 0 Å². The van der Waals surface area contributed by atoms with Gasteiger partial charge in [-0.3, -0.25) is 4.79 Å². The summed E-state index contributed by atoms with van der Waals surface area (Å²) in [5.74, 6) is 2.28. The molecule has 0 fully saturated rings. The van der Waals surface area contributed by atoms with Crippen LogP contribution in [0.1, 0.15) is 40.5 Å². The molecule has 2 atom stereocenters. The number of rotatable bonds is 9. The number of carbonyl (C=O) groups is 1. The summed E-state index contributed by atoms with van der Waals surface area (Å²) in [5, 5.41) is 10.7. The Kier molecular flexibility index (Phi) is 7.43. The Bertz CT molecular complexity index is 1020. The molecule has 0 radical (unpaired) electrons. The molecular formula is C25H29NO6. The first-order valence-electron chi connectivity index (χ1n) is 10.3. The highest BCUT2D eigenvalue weighted by Crippen LogP contribution is 2.36. The van der Waals surface area contributed by atoms with Crippen molar-refractivity contribution < 1.29 is 28.5 Å². The first-order chi connectivity index (χ1) is 15.4. The molecule has 170 valence electrons. The van der Waals surface area contributed by atoms with E-state index in [0.29, 0.717) is 29.4 Å². The van der Waals surface area contributed by atoms with Crippen molar-refractivity contribution in [2.24, 2.45) is 0 Å². The van der Waals surface area contributed by atoms with Crippen molar-refractivity contribution in [3.63, 3.8) is 0 Å². The minimum atomic E-state index is -0.813. The smallest absolute Gasteiger partial charge is 0.289 e. The summed E-state index contributed by atoms with van der Waals surface area (Å²) in [6, 6.07) is 15.7. The van der Waals surface area contributed by atoms with Crippen molar-refractivity contribution in [1.29, 1.82) is 0 Å². The van der Waals surface area contributed by atoms with E-state index in [0.717, 1.165) is 11.1 Å². The largest absolute Gasteiger partial charge is 0.496 e. The zero-order chi connectivity index (χ0) is 23.3. The molecule has 1 N–H and O–H groups in total. The number of hydrogen-bond donors (Lipinski definition) is 1. The standard InChI is InChI=1S/C25H29NO6/c1-16(24(27)17-9-7-6-8-10-17)26(2)25(28)21-12-11-18(32-21)13-20-22(30-4)14-19(29-3)15-23(20)31-5/h6-12,14-16,24,27H,13H2,1-5H3. The second-order valence-corrected chi connectivity index (χ2v) is 7.47. The van der Waals surface area contributed by atoms with Gasteiger partial charge in [0.25, 0.3) is 5.91 Å². The number of methoxy groups -OCH3 is 3. The fourth-order valence-electron chi connectivity index (χ4n) is 3.51. The minimum absolute atomic E-state index is 0.195. The molecule has 2 unspecified atom stereocenters. The molecule has 0 bridgehead atoms. The monoisotopic (exact) mass is 439 g/mol. The van der Waals surface area contributed by atoms with Gasteiger partial charge < -0.3 is 28.6 Å². The van der Waals surface area contributed by atoms with Crippen molar-refractivity contribution in [2.45, 2.75) is 25.5 Å². The van der Waals surface area contributed by atoms with E-state index in [1.807, 2.05) is 30.3 Å². The van der Waals surface area contributed by atoms with Crippen LogP contribution in [-0.2, 0) is 6.42 Å². The average molecular weight is 440 g/mol. The summed E-state index contributed by atoms with van der Waals surface area (Å²) >= 11 is 0. The summed E-state index contributed by atoms with van der Waals surface area (Å²) in [7, 11) is 6.37. The maximum atomic E-state index is 13.0. The van der Waals surface area contributed by atoms with Crippen LogP contribution in [0.2, 0.25) is 0 Å². The van der Waals surface area contributed by atoms with E-state index >= 15 is 0 Å². The van der Waals surface area contributed by atoms with Crippen LogP contribution in [-0.4, -0.2) is 50.3 Å². The van der Waals surface area contributed by atoms with Gasteiger partial charge in [-0.25, -0.2) is 0 Å². The molecule has 3 rings (SSSR count). The Morgan fingerprint density at radius 2 is 1.62 bits per heavy atom. The van der Waals surface area contributed by atoms with Gasteiger partial charge in [0.15, 0.2) is 5.76 Å². The number of nitrogens with zero attached hydrogens (tertiary/aromatic N) is 1. The zero-order valence-corrected chi connectivity index (χ0v) is 19.0. The molecule has 32 heavy (non-hydrogen) atoms. The van der Waals surface area contributed by atoms with Crippen molar-refractivity contribution in [3.8, 4) is 17.2 Å². The van der Waals surface area contributed by atoms with Gasteiger partial charge in [-0.15, -0.1) is 0 Å². The molecule has 0 saturated carbocycles. The molecule has 1 heterocycles. The Labute approximate surface area is 188 Å². The van der Waals surface area contributed by atoms with Gasteiger partial charge in [0.2, 0.25) is 0 Å². The first-order valence-corrected chi connectivity index (χ1v) is 10.3. The van der Waals surface area contributed by atoms with E-state index in [9.17, 15) is 9.90 Å². The van der Waals surface area contributed by atoms with Crippen LogP contribution in [0.4, 0.5) is 0 Å². The second kappa shape index (κ2) is 10.2. The van der Waals surface area contributed by atoms with Crippen LogP contribution in [0.25, 0.3) is 0 Å². The third-order valence-electron chi connectivity index (χ3n) is 5.57. The molecule has 3 aromatic rings. The highest BCUT2D eigenvalue weighted by Gasteiger charge is 2.27. The lowest BCUT2D eigenvalue weighted by Crippen LogP contribution is -2.38. The van der Waals surface area contributed by atoms with Crippen LogP contribution in [0.3, 0.4) is 0 Å². The van der Waals surface area contributed by atoms with Crippen LogP contribution in [0.5, 0.6) is 17.2 Å². The number of aliphatic hydroxyl groups is 1. The normalized spacial score (nSPS) is 12.7. The van der Waals surface area contributed by atoms with Gasteiger partial charge in [0.1, 0.15) is 23.0 Å². The Balaban J connectivity index is 1.78. The molecule has 7 nitrogen and oxygen atoms in total. The van der Waals surface area contributed by atoms with E-state index in [4.69, 9.17) is 18.6 Å². The summed E-state index contributed by atoms with van der Waals surface area (Å²) in [6.07, 6.45) is -0.442. The van der Waals surface area contributed by atoms with Crippen molar-refractivity contribution in [1.82, 2.24) is 4.90 Å². The maximum Gasteiger partial charge on any atom is 0.289 e. The molecule has 0 aliphatic carbocycles. The molecule has 1 aromatic heterocycles. The number of furan rings is 1. The minimum Gasteiger partial charge on any atom is -0.496 e. The molecule has 1 amide bonds. The highest BCUT2D eigenvalue weighted by molar-refractivity contribution is 5.91. The maximum absolute atomic E-state index is 13.0. The van der Waals surface area contributed by atoms with Crippen LogP contribution < -0.4 is 14.2 Å². The number of amides is 1. The number of hydrogen-bond acceptors (Lipinski definition) is 6. The van der Waals surface area contributed by atoms with Crippen LogP contribution >= 0.6 is 0 Å². The lowest BCUT2D eigenvalue weighted by atomic mass is 10.0. The Morgan fingerprint density at radius 1 is 1.00 bits per heavy atom. The summed E-state index contributed by atoms with van der Waals surface area (Å²) in [5.41, 5.74) is 1.53. The van der Waals surface area contributed by atoms with Gasteiger partial charge in [-0.1, -0.05) is 30.3 Å². The van der Waals surface area contributed by atoms with Crippen LogP contribution in [0.15, 0.2) is 59.0 Å². The van der Waals surface area contributed by atoms with Crippen molar-refractivity contribution in [3.05, 3.63) is 77.2 Å². The summed E-state index contributed by atoms with van der Waals surface area (Å²) in [6.45, 7) is 1.80. The predicted octanol–water partition coefficient (Wildman–Crippen LogP) is 4.09. The second-order valence-electron chi connectivity index (χ2n) is 7.47. The Morgan fingerprint density at radius 3 is 2.19 bits per heavy atom. The highest BCUT2D eigenvalue weighted by atomic mass is 16.5. The SMILES string of the molecule is COc1cc(OC)c(Cc2ccc(C(=O)N(C)C(C)C(O)c3ccccc3)o2)c(OC)c1. The summed E-state index contributed by atoms with van der Waals surface area (Å²) < 4.78 is 22.1. The van der Waals surface area contributed by atoms with Gasteiger partial charge >= 0.3 is 0 Å². The lowest BCUT2D eigenvalue weighted by Gasteiger charge is -2.28. The molecule has 2 aromatic carbocycles. The molecule has 0 aliphatic heterocycles. The fourth-order valence-corrected chi connectivity index (χ4v) is 3.51. The number of likely N-dealkylation sites (N-methyl/N-ethyl adjacent to an activating group) is 1. The number of carbonyl (C=O) groups excluding carboxylic acids is 1. The van der Waals surface area contributed by atoms with Crippen LogP contribution in [0, 0.1) is 0 Å². The number of benzene rings is 2. The average Bonchev–Trinajstić information content (AvgIpc) is 3.31. The van der Waals surface area contributed by atoms with Gasteiger partial charge in [-0.2, -0.15) is 0 Å². The predicted molar refractivity (Wildman–Crippen MR) is 121 cm³/mol. The van der Waals surface area contributed by atoms with E-state index in [1.165, 1.54) is 4.90 Å². The molecule has 0 spiro atoms.